The van der Waals surface area contributed by atoms with E-state index in [1.54, 1.807) is 0 Å². The molecule has 0 aliphatic carbocycles. The fourth-order valence-corrected chi connectivity index (χ4v) is 1.35. The summed E-state index contributed by atoms with van der Waals surface area (Å²) in [4.78, 5) is 2.19. The zero-order valence-electron chi connectivity index (χ0n) is 6.57. The fourth-order valence-electron chi connectivity index (χ4n) is 1.35. The predicted octanol–water partition coefficient (Wildman–Crippen LogP) is 2.21. The van der Waals surface area contributed by atoms with Gasteiger partial charge in [-0.15, -0.1) is 0 Å². The van der Waals surface area contributed by atoms with E-state index in [1.165, 1.54) is 5.57 Å². The lowest BCUT2D eigenvalue weighted by molar-refractivity contribution is 0.473. The molecular formula is C10H11N. The normalized spacial score (nSPS) is 26.8. The van der Waals surface area contributed by atoms with E-state index in [0.717, 1.165) is 0 Å². The van der Waals surface area contributed by atoms with Gasteiger partial charge in [-0.25, -0.2) is 0 Å². The SMILES string of the molecule is CC1=CC2C=CC=CN2C=C1. The van der Waals surface area contributed by atoms with Crippen LogP contribution in [0.4, 0.5) is 0 Å². The first-order valence-electron chi connectivity index (χ1n) is 3.85. The van der Waals surface area contributed by atoms with E-state index in [-0.39, 0.29) is 0 Å². The number of hydrogen-bond acceptors (Lipinski definition) is 1. The average molecular weight is 145 g/mol. The van der Waals surface area contributed by atoms with Gasteiger partial charge in [-0.3, -0.25) is 0 Å². The highest BCUT2D eigenvalue weighted by Gasteiger charge is 2.11. The summed E-state index contributed by atoms with van der Waals surface area (Å²) in [6.07, 6.45) is 14.9. The molecule has 0 fully saturated rings. The second-order valence-electron chi connectivity index (χ2n) is 2.89. The van der Waals surface area contributed by atoms with Crippen LogP contribution < -0.4 is 0 Å². The van der Waals surface area contributed by atoms with Gasteiger partial charge in [0.1, 0.15) is 0 Å². The maximum atomic E-state index is 2.25. The van der Waals surface area contributed by atoms with Crippen molar-refractivity contribution in [2.24, 2.45) is 0 Å². The van der Waals surface area contributed by atoms with Crippen molar-refractivity contribution in [2.45, 2.75) is 13.0 Å². The van der Waals surface area contributed by atoms with Gasteiger partial charge < -0.3 is 4.90 Å². The second-order valence-corrected chi connectivity index (χ2v) is 2.89. The number of rotatable bonds is 0. The molecular weight excluding hydrogens is 134 g/mol. The molecule has 0 saturated heterocycles. The van der Waals surface area contributed by atoms with Crippen LogP contribution in [-0.2, 0) is 0 Å². The van der Waals surface area contributed by atoms with E-state index in [9.17, 15) is 0 Å². The first kappa shape index (κ1) is 6.47. The number of fused-ring (bicyclic) bond motifs is 1. The van der Waals surface area contributed by atoms with Crippen LogP contribution in [0.2, 0.25) is 0 Å². The van der Waals surface area contributed by atoms with Crippen molar-refractivity contribution in [3.63, 3.8) is 0 Å². The highest BCUT2D eigenvalue weighted by Crippen LogP contribution is 2.17. The zero-order valence-corrected chi connectivity index (χ0v) is 6.57. The lowest BCUT2D eigenvalue weighted by Gasteiger charge is -2.27. The summed E-state index contributed by atoms with van der Waals surface area (Å²) in [5, 5.41) is 0. The quantitative estimate of drug-likeness (QED) is 0.505. The van der Waals surface area contributed by atoms with E-state index < -0.39 is 0 Å². The summed E-state index contributed by atoms with van der Waals surface area (Å²) in [7, 11) is 0. The Balaban J connectivity index is 2.29. The minimum absolute atomic E-state index is 0.449. The number of allylic oxidation sites excluding steroid dienone is 4. The molecule has 56 valence electrons. The Hall–Kier alpha value is -1.24. The molecule has 1 unspecified atom stereocenters. The molecule has 0 saturated carbocycles. The molecule has 2 aliphatic rings. The van der Waals surface area contributed by atoms with E-state index in [4.69, 9.17) is 0 Å². The van der Waals surface area contributed by atoms with Gasteiger partial charge in [0.25, 0.3) is 0 Å². The van der Waals surface area contributed by atoms with Crippen molar-refractivity contribution in [1.29, 1.82) is 0 Å². The Labute approximate surface area is 67.0 Å². The number of hydrogen-bond donors (Lipinski definition) is 0. The van der Waals surface area contributed by atoms with Gasteiger partial charge in [0, 0.05) is 12.4 Å². The second kappa shape index (κ2) is 2.42. The first-order valence-corrected chi connectivity index (χ1v) is 3.85. The summed E-state index contributed by atoms with van der Waals surface area (Å²) in [5.41, 5.74) is 1.34. The van der Waals surface area contributed by atoms with Gasteiger partial charge >= 0.3 is 0 Å². The maximum Gasteiger partial charge on any atom is 0.0703 e. The van der Waals surface area contributed by atoms with Gasteiger partial charge in [0.15, 0.2) is 0 Å². The van der Waals surface area contributed by atoms with Crippen molar-refractivity contribution < 1.29 is 0 Å². The van der Waals surface area contributed by atoms with Crippen molar-refractivity contribution in [2.75, 3.05) is 0 Å². The van der Waals surface area contributed by atoms with Gasteiger partial charge in [-0.2, -0.15) is 0 Å². The maximum absolute atomic E-state index is 2.25. The lowest BCUT2D eigenvalue weighted by Crippen LogP contribution is -2.25. The molecule has 0 aromatic rings. The third-order valence-electron chi connectivity index (χ3n) is 1.97. The van der Waals surface area contributed by atoms with Crippen LogP contribution in [0.15, 0.2) is 48.4 Å². The molecule has 1 heteroatoms. The Morgan fingerprint density at radius 3 is 3.09 bits per heavy atom. The van der Waals surface area contributed by atoms with E-state index in [2.05, 4.69) is 54.6 Å². The molecule has 2 heterocycles. The molecule has 0 amide bonds. The van der Waals surface area contributed by atoms with Crippen molar-refractivity contribution in [3.8, 4) is 0 Å². The molecule has 1 atom stereocenters. The minimum atomic E-state index is 0.449. The Kier molecular flexibility index (Phi) is 1.42. The fraction of sp³-hybridized carbons (Fsp3) is 0.200. The predicted molar refractivity (Wildman–Crippen MR) is 46.8 cm³/mol. The minimum Gasteiger partial charge on any atom is -0.344 e. The molecule has 0 bridgehead atoms. The van der Waals surface area contributed by atoms with E-state index in [0.29, 0.717) is 6.04 Å². The Morgan fingerprint density at radius 2 is 2.18 bits per heavy atom. The molecule has 1 nitrogen and oxygen atoms in total. The van der Waals surface area contributed by atoms with Gasteiger partial charge in [-0.05, 0) is 19.1 Å². The topological polar surface area (TPSA) is 3.24 Å². The van der Waals surface area contributed by atoms with Crippen LogP contribution in [-0.4, -0.2) is 10.9 Å². The highest BCUT2D eigenvalue weighted by molar-refractivity contribution is 5.31. The first-order chi connectivity index (χ1) is 5.36. The summed E-state index contributed by atoms with van der Waals surface area (Å²) in [5.74, 6) is 0. The van der Waals surface area contributed by atoms with E-state index >= 15 is 0 Å². The smallest absolute Gasteiger partial charge is 0.0703 e. The van der Waals surface area contributed by atoms with Gasteiger partial charge in [0.2, 0.25) is 0 Å². The van der Waals surface area contributed by atoms with Crippen LogP contribution in [0.1, 0.15) is 6.92 Å². The monoisotopic (exact) mass is 145 g/mol. The summed E-state index contributed by atoms with van der Waals surface area (Å²) in [6, 6.07) is 0.449. The van der Waals surface area contributed by atoms with Crippen LogP contribution in [0.5, 0.6) is 0 Å². The molecule has 2 aliphatic heterocycles. The summed E-state index contributed by atoms with van der Waals surface area (Å²) < 4.78 is 0. The molecule has 0 aromatic carbocycles. The number of nitrogens with zero attached hydrogens (tertiary/aromatic N) is 1. The van der Waals surface area contributed by atoms with Crippen LogP contribution in [0.3, 0.4) is 0 Å². The molecule has 11 heavy (non-hydrogen) atoms. The lowest BCUT2D eigenvalue weighted by atomic mass is 10.1. The van der Waals surface area contributed by atoms with Crippen molar-refractivity contribution in [3.05, 3.63) is 48.4 Å². The molecule has 0 spiro atoms. The largest absolute Gasteiger partial charge is 0.344 e. The summed E-state index contributed by atoms with van der Waals surface area (Å²) in [6.45, 7) is 2.12. The average Bonchev–Trinajstić information content (AvgIpc) is 2.04. The summed E-state index contributed by atoms with van der Waals surface area (Å²) >= 11 is 0. The third-order valence-corrected chi connectivity index (χ3v) is 1.97. The van der Waals surface area contributed by atoms with Crippen LogP contribution >= 0.6 is 0 Å². The highest BCUT2D eigenvalue weighted by atomic mass is 15.1. The van der Waals surface area contributed by atoms with Gasteiger partial charge in [-0.1, -0.05) is 23.8 Å². The molecule has 0 aromatic heterocycles. The van der Waals surface area contributed by atoms with Crippen LogP contribution in [0.25, 0.3) is 0 Å². The standard InChI is InChI=1S/C10H11N/c1-9-5-7-11-6-3-2-4-10(11)8-9/h2-8,10H,1H3. The zero-order chi connectivity index (χ0) is 7.68. The van der Waals surface area contributed by atoms with Gasteiger partial charge in [0.05, 0.1) is 6.04 Å². The van der Waals surface area contributed by atoms with Crippen molar-refractivity contribution in [1.82, 2.24) is 4.90 Å². The molecule has 0 N–H and O–H groups in total. The Morgan fingerprint density at radius 1 is 1.27 bits per heavy atom. The molecule has 2 rings (SSSR count). The Bertz CT molecular complexity index is 269. The molecule has 0 radical (unpaired) electrons. The van der Waals surface area contributed by atoms with E-state index in [1.807, 2.05) is 0 Å². The van der Waals surface area contributed by atoms with Crippen LogP contribution in [0, 0.1) is 0 Å². The third kappa shape index (κ3) is 1.14. The van der Waals surface area contributed by atoms with Crippen molar-refractivity contribution >= 4 is 0 Å².